The Balaban J connectivity index is 2.08. The lowest BCUT2D eigenvalue weighted by atomic mass is 10.1. The van der Waals surface area contributed by atoms with Crippen molar-refractivity contribution in [1.82, 2.24) is 5.32 Å². The van der Waals surface area contributed by atoms with E-state index in [4.69, 9.17) is 0 Å². The molecule has 0 aliphatic rings. The summed E-state index contributed by atoms with van der Waals surface area (Å²) in [5, 5.41) is 12.1. The van der Waals surface area contributed by atoms with Crippen LogP contribution in [0.1, 0.15) is 28.4 Å². The lowest BCUT2D eigenvalue weighted by Crippen LogP contribution is -2.48. The number of aliphatic hydroxyl groups is 1. The molecule has 2 aromatic carbocycles. The Morgan fingerprint density at radius 2 is 1.54 bits per heavy atom. The number of benzene rings is 2. The first kappa shape index (κ1) is 19.9. The van der Waals surface area contributed by atoms with Crippen molar-refractivity contribution in [3.8, 4) is 11.8 Å². The Hall–Kier alpha value is -2.37. The molecule has 0 unspecified atom stereocenters. The van der Waals surface area contributed by atoms with Gasteiger partial charge >= 0.3 is 5.97 Å². The molecule has 0 aliphatic carbocycles. The number of amides is 1. The number of carbonyl (C=O) groups excluding carboxylic acids is 2. The predicted octanol–water partition coefficient (Wildman–Crippen LogP) is 2.34. The van der Waals surface area contributed by atoms with Gasteiger partial charge in [-0.3, -0.25) is 4.79 Å². The van der Waals surface area contributed by atoms with E-state index in [0.717, 1.165) is 14.7 Å². The molecule has 0 aliphatic heterocycles. The number of rotatable bonds is 4. The zero-order chi connectivity index (χ0) is 19.1. The standard InChI is InChI=1S/C20H18INO4/c1-13(23)18(20(25)26-2)22-19(24)16-9-5-14(6-10-16)3-4-15-7-11-17(21)12-8-15/h5-13,18,23H,1-2H3,(H,22,24)/t13-,18+/m1/s1. The topological polar surface area (TPSA) is 75.6 Å². The molecule has 1 amide bonds. The smallest absolute Gasteiger partial charge is 0.331 e. The van der Waals surface area contributed by atoms with Crippen LogP contribution < -0.4 is 5.32 Å². The molecule has 2 rings (SSSR count). The maximum Gasteiger partial charge on any atom is 0.331 e. The molecule has 26 heavy (non-hydrogen) atoms. The molecule has 2 aromatic rings. The predicted molar refractivity (Wildman–Crippen MR) is 107 cm³/mol. The minimum Gasteiger partial charge on any atom is -0.467 e. The molecule has 134 valence electrons. The van der Waals surface area contributed by atoms with Crippen molar-refractivity contribution in [2.45, 2.75) is 19.1 Å². The van der Waals surface area contributed by atoms with Crippen molar-refractivity contribution in [3.63, 3.8) is 0 Å². The van der Waals surface area contributed by atoms with Crippen molar-refractivity contribution < 1.29 is 19.4 Å². The highest BCUT2D eigenvalue weighted by molar-refractivity contribution is 14.1. The van der Waals surface area contributed by atoms with E-state index in [2.05, 4.69) is 44.5 Å². The van der Waals surface area contributed by atoms with Crippen LogP contribution in [0.2, 0.25) is 0 Å². The lowest BCUT2D eigenvalue weighted by molar-refractivity contribution is -0.145. The van der Waals surface area contributed by atoms with E-state index in [0.29, 0.717) is 5.56 Å². The van der Waals surface area contributed by atoms with Crippen LogP contribution >= 0.6 is 22.6 Å². The summed E-state index contributed by atoms with van der Waals surface area (Å²) in [5.41, 5.74) is 2.03. The van der Waals surface area contributed by atoms with Gasteiger partial charge in [0.1, 0.15) is 0 Å². The van der Waals surface area contributed by atoms with Crippen molar-refractivity contribution in [1.29, 1.82) is 0 Å². The normalized spacial score (nSPS) is 12.3. The second kappa shape index (κ2) is 9.36. The van der Waals surface area contributed by atoms with E-state index < -0.39 is 24.0 Å². The van der Waals surface area contributed by atoms with Crippen molar-refractivity contribution in [3.05, 3.63) is 68.8 Å². The van der Waals surface area contributed by atoms with Gasteiger partial charge in [0.15, 0.2) is 6.04 Å². The summed E-state index contributed by atoms with van der Waals surface area (Å²) in [7, 11) is 1.20. The number of carbonyl (C=O) groups is 2. The van der Waals surface area contributed by atoms with Gasteiger partial charge in [0.25, 0.3) is 5.91 Å². The van der Waals surface area contributed by atoms with E-state index in [-0.39, 0.29) is 0 Å². The number of halogens is 1. The number of hydrogen-bond acceptors (Lipinski definition) is 4. The second-order valence-electron chi connectivity index (χ2n) is 5.55. The summed E-state index contributed by atoms with van der Waals surface area (Å²) in [5.74, 6) is 4.92. The molecule has 0 bridgehead atoms. The summed E-state index contributed by atoms with van der Waals surface area (Å²) >= 11 is 2.23. The third-order valence-electron chi connectivity index (χ3n) is 3.57. The van der Waals surface area contributed by atoms with Gasteiger partial charge in [-0.05, 0) is 78.0 Å². The van der Waals surface area contributed by atoms with Gasteiger partial charge in [0.2, 0.25) is 0 Å². The summed E-state index contributed by atoms with van der Waals surface area (Å²) in [6.45, 7) is 1.41. The zero-order valence-corrected chi connectivity index (χ0v) is 16.5. The molecule has 2 atom stereocenters. The van der Waals surface area contributed by atoms with Crippen LogP contribution in [0.4, 0.5) is 0 Å². The third kappa shape index (κ3) is 5.58. The maximum atomic E-state index is 12.2. The molecule has 0 heterocycles. The van der Waals surface area contributed by atoms with Gasteiger partial charge in [-0.1, -0.05) is 11.8 Å². The Bertz CT molecular complexity index is 833. The minimum absolute atomic E-state index is 0.361. The van der Waals surface area contributed by atoms with E-state index in [1.807, 2.05) is 24.3 Å². The SMILES string of the molecule is COC(=O)[C@@H](NC(=O)c1ccc(C#Cc2ccc(I)cc2)cc1)[C@@H](C)O. The summed E-state index contributed by atoms with van der Waals surface area (Å²) in [6.07, 6.45) is -1.06. The zero-order valence-electron chi connectivity index (χ0n) is 14.3. The number of hydrogen-bond donors (Lipinski definition) is 2. The number of ether oxygens (including phenoxy) is 1. The highest BCUT2D eigenvalue weighted by Gasteiger charge is 2.26. The maximum absolute atomic E-state index is 12.2. The third-order valence-corrected chi connectivity index (χ3v) is 4.29. The first-order valence-corrected chi connectivity index (χ1v) is 8.93. The molecule has 0 spiro atoms. The van der Waals surface area contributed by atoms with Crippen LogP contribution in [0.15, 0.2) is 48.5 Å². The van der Waals surface area contributed by atoms with Crippen LogP contribution in [0.25, 0.3) is 0 Å². The average Bonchev–Trinajstić information content (AvgIpc) is 2.65. The van der Waals surface area contributed by atoms with Crippen molar-refractivity contribution >= 4 is 34.5 Å². The van der Waals surface area contributed by atoms with Crippen LogP contribution in [0.3, 0.4) is 0 Å². The van der Waals surface area contributed by atoms with Gasteiger partial charge in [-0.2, -0.15) is 0 Å². The largest absolute Gasteiger partial charge is 0.467 e. The Labute approximate surface area is 165 Å². The molecule has 0 aromatic heterocycles. The van der Waals surface area contributed by atoms with E-state index >= 15 is 0 Å². The molecule has 0 radical (unpaired) electrons. The van der Waals surface area contributed by atoms with Gasteiger partial charge in [0.05, 0.1) is 13.2 Å². The van der Waals surface area contributed by atoms with Gasteiger partial charge < -0.3 is 15.2 Å². The fourth-order valence-electron chi connectivity index (χ4n) is 2.11. The Morgan fingerprint density at radius 3 is 2.00 bits per heavy atom. The minimum atomic E-state index is -1.12. The Morgan fingerprint density at radius 1 is 1.04 bits per heavy atom. The molecular formula is C20H18INO4. The number of methoxy groups -OCH3 is 1. The summed E-state index contributed by atoms with van der Waals surface area (Å²) < 4.78 is 5.72. The van der Waals surface area contributed by atoms with Crippen LogP contribution in [0, 0.1) is 15.4 Å². The number of esters is 1. The molecule has 0 fully saturated rings. The van der Waals surface area contributed by atoms with Gasteiger partial charge in [-0.15, -0.1) is 0 Å². The van der Waals surface area contributed by atoms with E-state index in [9.17, 15) is 14.7 Å². The lowest BCUT2D eigenvalue weighted by Gasteiger charge is -2.18. The van der Waals surface area contributed by atoms with Gasteiger partial charge in [0, 0.05) is 20.3 Å². The second-order valence-corrected chi connectivity index (χ2v) is 6.79. The first-order chi connectivity index (χ1) is 12.4. The fourth-order valence-corrected chi connectivity index (χ4v) is 2.47. The van der Waals surface area contributed by atoms with E-state index in [1.54, 1.807) is 24.3 Å². The van der Waals surface area contributed by atoms with Crippen molar-refractivity contribution in [2.24, 2.45) is 0 Å². The highest BCUT2D eigenvalue weighted by atomic mass is 127. The molecule has 2 N–H and O–H groups in total. The van der Waals surface area contributed by atoms with Crippen molar-refractivity contribution in [2.75, 3.05) is 7.11 Å². The molecule has 5 nitrogen and oxygen atoms in total. The first-order valence-electron chi connectivity index (χ1n) is 7.85. The number of nitrogens with one attached hydrogen (secondary N) is 1. The number of aliphatic hydroxyl groups excluding tert-OH is 1. The molecule has 0 saturated heterocycles. The molecule has 0 saturated carbocycles. The summed E-state index contributed by atoms with van der Waals surface area (Å²) in [4.78, 5) is 23.8. The highest BCUT2D eigenvalue weighted by Crippen LogP contribution is 2.08. The molecular weight excluding hydrogens is 445 g/mol. The van der Waals surface area contributed by atoms with Crippen LogP contribution in [-0.4, -0.2) is 36.2 Å². The molecule has 6 heteroatoms. The quantitative estimate of drug-likeness (QED) is 0.415. The van der Waals surface area contributed by atoms with Crippen LogP contribution in [-0.2, 0) is 9.53 Å². The fraction of sp³-hybridized carbons (Fsp3) is 0.200. The van der Waals surface area contributed by atoms with E-state index in [1.165, 1.54) is 14.0 Å². The van der Waals surface area contributed by atoms with Crippen LogP contribution in [0.5, 0.6) is 0 Å². The monoisotopic (exact) mass is 463 g/mol. The van der Waals surface area contributed by atoms with Gasteiger partial charge in [-0.25, -0.2) is 4.79 Å². The summed E-state index contributed by atoms with van der Waals surface area (Å²) in [6, 6.07) is 13.4. The average molecular weight is 463 g/mol. The Kier molecular flexibility index (Phi) is 7.18.